The Kier molecular flexibility index (Phi) is 5.04. The highest BCUT2D eigenvalue weighted by Crippen LogP contribution is 2.56. The van der Waals surface area contributed by atoms with Gasteiger partial charge in [-0.1, -0.05) is 13.8 Å². The van der Waals surface area contributed by atoms with Crippen LogP contribution >= 0.6 is 0 Å². The molecule has 9 heteroatoms. The molecule has 3 heterocycles. The van der Waals surface area contributed by atoms with Gasteiger partial charge in [0.05, 0.1) is 11.3 Å². The molecule has 1 aliphatic carbocycles. The van der Waals surface area contributed by atoms with Gasteiger partial charge in [-0.25, -0.2) is 14.4 Å². The Hall–Kier alpha value is -2.16. The van der Waals surface area contributed by atoms with Crippen molar-refractivity contribution in [2.24, 2.45) is 17.8 Å². The number of piperidine rings is 1. The maximum atomic E-state index is 13.2. The van der Waals surface area contributed by atoms with Crippen LogP contribution in [-0.2, 0) is 12.6 Å². The highest BCUT2D eigenvalue weighted by Gasteiger charge is 2.57. The number of aromatic nitrogens is 3. The van der Waals surface area contributed by atoms with Gasteiger partial charge in [0.2, 0.25) is 0 Å². The van der Waals surface area contributed by atoms with Crippen molar-refractivity contribution in [3.05, 3.63) is 29.8 Å². The fourth-order valence-corrected chi connectivity index (χ4v) is 4.48. The van der Waals surface area contributed by atoms with E-state index in [9.17, 15) is 17.6 Å². The van der Waals surface area contributed by atoms with E-state index in [1.54, 1.807) is 0 Å². The molecule has 0 bridgehead atoms. The number of hydrogen-bond acceptors (Lipinski definition) is 4. The lowest BCUT2D eigenvalue weighted by molar-refractivity contribution is -0.137. The zero-order valence-electron chi connectivity index (χ0n) is 16.5. The van der Waals surface area contributed by atoms with Crippen LogP contribution < -0.4 is 5.73 Å². The van der Waals surface area contributed by atoms with Crippen molar-refractivity contribution in [2.45, 2.75) is 32.5 Å². The number of likely N-dealkylation sites (tertiary alicyclic amines) is 1. The zero-order valence-corrected chi connectivity index (χ0v) is 16.5. The SMILES string of the molecule is CC(C)Cc1nc(-c2cnc(N)c(C(F)(F)F)c2)cn1[C@@H]1[C@@H]2CN(CCF)C[C@@H]21. The van der Waals surface area contributed by atoms with Crippen LogP contribution in [0.5, 0.6) is 0 Å². The van der Waals surface area contributed by atoms with Crippen molar-refractivity contribution in [1.82, 2.24) is 19.4 Å². The van der Waals surface area contributed by atoms with Crippen molar-refractivity contribution in [1.29, 1.82) is 0 Å². The molecule has 0 unspecified atom stereocenters. The molecule has 2 N–H and O–H groups in total. The van der Waals surface area contributed by atoms with Crippen LogP contribution in [0.2, 0.25) is 0 Å². The molecule has 1 aliphatic heterocycles. The van der Waals surface area contributed by atoms with Gasteiger partial charge in [-0.15, -0.1) is 0 Å². The highest BCUT2D eigenvalue weighted by molar-refractivity contribution is 5.62. The van der Waals surface area contributed by atoms with Crippen LogP contribution in [0.1, 0.15) is 31.3 Å². The summed E-state index contributed by atoms with van der Waals surface area (Å²) >= 11 is 0. The normalized spacial score (nSPS) is 24.3. The lowest BCUT2D eigenvalue weighted by Gasteiger charge is -2.19. The number of nitrogens with two attached hydrogens (primary N) is 1. The first-order chi connectivity index (χ1) is 13.7. The molecule has 158 valence electrons. The molecule has 2 aliphatic rings. The number of halogens is 4. The summed E-state index contributed by atoms with van der Waals surface area (Å²) in [5.41, 5.74) is 5.26. The predicted molar refractivity (Wildman–Crippen MR) is 102 cm³/mol. The molecule has 2 aromatic rings. The van der Waals surface area contributed by atoms with Gasteiger partial charge in [0.15, 0.2) is 0 Å². The van der Waals surface area contributed by atoms with Crippen molar-refractivity contribution in [3.63, 3.8) is 0 Å². The largest absolute Gasteiger partial charge is 0.419 e. The lowest BCUT2D eigenvalue weighted by Crippen LogP contribution is -2.27. The first-order valence-corrected chi connectivity index (χ1v) is 9.88. The van der Waals surface area contributed by atoms with Crippen molar-refractivity contribution >= 4 is 5.82 Å². The van der Waals surface area contributed by atoms with Crippen LogP contribution in [0, 0.1) is 17.8 Å². The number of anilines is 1. The van der Waals surface area contributed by atoms with Crippen molar-refractivity contribution in [3.8, 4) is 11.3 Å². The minimum absolute atomic E-state index is 0.282. The fraction of sp³-hybridized carbons (Fsp3) is 0.600. The van der Waals surface area contributed by atoms with Crippen LogP contribution in [-0.4, -0.2) is 45.7 Å². The smallest absolute Gasteiger partial charge is 0.383 e. The topological polar surface area (TPSA) is 60.0 Å². The fourth-order valence-electron chi connectivity index (χ4n) is 4.48. The monoisotopic (exact) mass is 411 g/mol. The third-order valence-corrected chi connectivity index (χ3v) is 5.87. The molecule has 2 aromatic heterocycles. The van der Waals surface area contributed by atoms with E-state index in [1.807, 2.05) is 6.20 Å². The van der Waals surface area contributed by atoms with E-state index in [4.69, 9.17) is 5.73 Å². The Morgan fingerprint density at radius 2 is 1.93 bits per heavy atom. The Morgan fingerprint density at radius 3 is 2.52 bits per heavy atom. The lowest BCUT2D eigenvalue weighted by atomic mass is 10.1. The Morgan fingerprint density at radius 1 is 1.24 bits per heavy atom. The predicted octanol–water partition coefficient (Wildman–Crippen LogP) is 3.82. The summed E-state index contributed by atoms with van der Waals surface area (Å²) in [4.78, 5) is 10.5. The molecular weight excluding hydrogens is 386 g/mol. The first kappa shape index (κ1) is 20.1. The molecule has 0 amide bonds. The molecule has 1 saturated heterocycles. The van der Waals surface area contributed by atoms with E-state index in [1.165, 1.54) is 6.20 Å². The van der Waals surface area contributed by atoms with Crippen molar-refractivity contribution in [2.75, 3.05) is 32.0 Å². The summed E-state index contributed by atoms with van der Waals surface area (Å²) in [5.74, 6) is 1.60. The number of nitrogens with zero attached hydrogens (tertiary/aromatic N) is 4. The van der Waals surface area contributed by atoms with Gasteiger partial charge in [0.1, 0.15) is 18.3 Å². The van der Waals surface area contributed by atoms with Crippen LogP contribution in [0.25, 0.3) is 11.3 Å². The molecule has 4 rings (SSSR count). The number of nitrogen functional groups attached to an aromatic ring is 1. The van der Waals surface area contributed by atoms with E-state index in [0.717, 1.165) is 31.4 Å². The third-order valence-electron chi connectivity index (χ3n) is 5.87. The molecule has 5 nitrogen and oxygen atoms in total. The number of fused-ring (bicyclic) bond motifs is 1. The molecular formula is C20H25F4N5. The summed E-state index contributed by atoms with van der Waals surface area (Å²) in [7, 11) is 0. The number of pyridine rings is 1. The molecule has 29 heavy (non-hydrogen) atoms. The van der Waals surface area contributed by atoms with Gasteiger partial charge < -0.3 is 15.2 Å². The van der Waals surface area contributed by atoms with E-state index in [0.29, 0.717) is 35.6 Å². The second-order valence-corrected chi connectivity index (χ2v) is 8.47. The maximum Gasteiger partial charge on any atom is 0.419 e. The molecule has 0 radical (unpaired) electrons. The molecule has 0 spiro atoms. The summed E-state index contributed by atoms with van der Waals surface area (Å²) in [5, 5.41) is 0. The van der Waals surface area contributed by atoms with Crippen molar-refractivity contribution < 1.29 is 17.6 Å². The minimum atomic E-state index is -4.57. The Balaban J connectivity index is 1.64. The average molecular weight is 411 g/mol. The Labute approximate surface area is 166 Å². The zero-order chi connectivity index (χ0) is 20.9. The molecule has 3 atom stereocenters. The second-order valence-electron chi connectivity index (χ2n) is 8.47. The standard InChI is InChI=1S/C20H25F4N5/c1-11(2)5-17-27-16(12-6-15(20(22,23)24)19(25)26-7-12)10-29(17)18-13-8-28(4-3-21)9-14(13)18/h6-7,10-11,13-14,18H,3-5,8-9H2,1-2H3,(H2,25,26)/t13-,14+,18-. The van der Waals surface area contributed by atoms with Crippen LogP contribution in [0.3, 0.4) is 0 Å². The summed E-state index contributed by atoms with van der Waals surface area (Å²) < 4.78 is 54.4. The average Bonchev–Trinajstić information content (AvgIpc) is 2.96. The Bertz CT molecular complexity index is 879. The third kappa shape index (κ3) is 3.84. The number of imidazole rings is 1. The van der Waals surface area contributed by atoms with Crippen LogP contribution in [0.15, 0.2) is 18.5 Å². The van der Waals surface area contributed by atoms with E-state index in [2.05, 4.69) is 33.3 Å². The van der Waals surface area contributed by atoms with Gasteiger partial charge in [0.25, 0.3) is 0 Å². The number of alkyl halides is 4. The number of hydrogen-bond donors (Lipinski definition) is 1. The summed E-state index contributed by atoms with van der Waals surface area (Å²) in [6.45, 7) is 6.00. The van der Waals surface area contributed by atoms with Gasteiger partial charge in [0, 0.05) is 50.1 Å². The maximum absolute atomic E-state index is 13.2. The summed E-state index contributed by atoms with van der Waals surface area (Å²) in [6, 6.07) is 1.30. The van der Waals surface area contributed by atoms with Gasteiger partial charge in [-0.3, -0.25) is 0 Å². The van der Waals surface area contributed by atoms with E-state index in [-0.39, 0.29) is 12.7 Å². The van der Waals surface area contributed by atoms with Gasteiger partial charge >= 0.3 is 6.18 Å². The van der Waals surface area contributed by atoms with Crippen LogP contribution in [0.4, 0.5) is 23.4 Å². The van der Waals surface area contributed by atoms with E-state index < -0.39 is 17.6 Å². The quantitative estimate of drug-likeness (QED) is 0.735. The van der Waals surface area contributed by atoms with Gasteiger partial charge in [-0.05, 0) is 23.8 Å². The summed E-state index contributed by atoms with van der Waals surface area (Å²) in [6.07, 6.45) is -0.650. The molecule has 1 saturated carbocycles. The van der Waals surface area contributed by atoms with E-state index >= 15 is 0 Å². The molecule has 0 aromatic carbocycles. The minimum Gasteiger partial charge on any atom is -0.383 e. The highest BCUT2D eigenvalue weighted by atomic mass is 19.4. The van der Waals surface area contributed by atoms with Gasteiger partial charge in [-0.2, -0.15) is 13.2 Å². The first-order valence-electron chi connectivity index (χ1n) is 9.88. The number of rotatable bonds is 6. The second kappa shape index (κ2) is 7.27. The molecule has 2 fully saturated rings.